The summed E-state index contributed by atoms with van der Waals surface area (Å²) in [5.74, 6) is -1.96. The van der Waals surface area contributed by atoms with Gasteiger partial charge in [-0.1, -0.05) is 50.2 Å². The number of aliphatic hydroxyl groups is 1. The second-order valence-corrected chi connectivity index (χ2v) is 7.10. The molecule has 1 aliphatic rings. The maximum Gasteiger partial charge on any atom is 0.316 e. The van der Waals surface area contributed by atoms with Gasteiger partial charge in [-0.3, -0.25) is 14.6 Å². The number of esters is 1. The Balaban J connectivity index is 2.05. The van der Waals surface area contributed by atoms with Gasteiger partial charge in [0.1, 0.15) is 11.7 Å². The zero-order valence-electron chi connectivity index (χ0n) is 15.0. The first-order valence-corrected chi connectivity index (χ1v) is 8.41. The van der Waals surface area contributed by atoms with Crippen LogP contribution in [0.4, 0.5) is 5.69 Å². The normalized spacial score (nSPS) is 20.0. The zero-order chi connectivity index (χ0) is 18.9. The average molecular weight is 351 g/mol. The third-order valence-corrected chi connectivity index (χ3v) is 4.78. The lowest BCUT2D eigenvalue weighted by Crippen LogP contribution is -2.40. The fourth-order valence-corrected chi connectivity index (χ4v) is 3.42. The first-order chi connectivity index (χ1) is 12.3. The van der Waals surface area contributed by atoms with Gasteiger partial charge in [0.2, 0.25) is 0 Å². The molecule has 5 heteroatoms. The van der Waals surface area contributed by atoms with E-state index in [4.69, 9.17) is 4.74 Å². The van der Waals surface area contributed by atoms with Gasteiger partial charge in [-0.05, 0) is 16.9 Å². The van der Waals surface area contributed by atoms with E-state index in [2.05, 4.69) is 4.99 Å². The largest absolute Gasteiger partial charge is 0.511 e. The van der Waals surface area contributed by atoms with E-state index in [9.17, 15) is 14.7 Å². The molecule has 0 bridgehead atoms. The van der Waals surface area contributed by atoms with Crippen molar-refractivity contribution in [2.45, 2.75) is 20.3 Å². The van der Waals surface area contributed by atoms with Crippen molar-refractivity contribution in [3.63, 3.8) is 0 Å². The van der Waals surface area contributed by atoms with Gasteiger partial charge in [0.05, 0.1) is 18.4 Å². The summed E-state index contributed by atoms with van der Waals surface area (Å²) in [6, 6.07) is 13.5. The Morgan fingerprint density at radius 2 is 1.92 bits per heavy atom. The van der Waals surface area contributed by atoms with E-state index >= 15 is 0 Å². The summed E-state index contributed by atoms with van der Waals surface area (Å²) in [4.78, 5) is 29.0. The van der Waals surface area contributed by atoms with E-state index in [1.807, 2.05) is 42.5 Å². The smallest absolute Gasteiger partial charge is 0.316 e. The zero-order valence-corrected chi connectivity index (χ0v) is 15.0. The number of carbonyl (C=O) groups is 2. The number of nitrogens with zero attached hydrogens (tertiary/aromatic N) is 1. The molecule has 0 radical (unpaired) electrons. The van der Waals surface area contributed by atoms with Gasteiger partial charge in [-0.15, -0.1) is 0 Å². The molecule has 0 fully saturated rings. The SMILES string of the molecule is COC(=O)[C@@H]1C(O)=C(C=Nc2cccc3ccccc23)C(=O)CC1(C)C. The van der Waals surface area contributed by atoms with Crippen molar-refractivity contribution < 1.29 is 19.4 Å². The number of allylic oxidation sites excluding steroid dienone is 1. The Hall–Kier alpha value is -2.95. The third kappa shape index (κ3) is 3.12. The maximum absolute atomic E-state index is 12.5. The summed E-state index contributed by atoms with van der Waals surface area (Å²) >= 11 is 0. The number of Topliss-reactive ketones (excluding diaryl/α,β-unsaturated/α-hetero) is 1. The Kier molecular flexibility index (Phi) is 4.64. The minimum absolute atomic E-state index is 0.0626. The first-order valence-electron chi connectivity index (χ1n) is 8.41. The fraction of sp³-hybridized carbons (Fsp3) is 0.286. The van der Waals surface area contributed by atoms with Gasteiger partial charge in [0, 0.05) is 18.0 Å². The molecule has 5 nitrogen and oxygen atoms in total. The summed E-state index contributed by atoms with van der Waals surface area (Å²) < 4.78 is 4.81. The molecular weight excluding hydrogens is 330 g/mol. The number of rotatable bonds is 3. The summed E-state index contributed by atoms with van der Waals surface area (Å²) in [6.07, 6.45) is 1.48. The molecule has 134 valence electrons. The molecule has 2 aromatic rings. The number of carbonyl (C=O) groups excluding carboxylic acids is 2. The molecule has 3 rings (SSSR count). The highest BCUT2D eigenvalue weighted by atomic mass is 16.5. The van der Waals surface area contributed by atoms with E-state index < -0.39 is 17.3 Å². The Bertz CT molecular complexity index is 935. The minimum atomic E-state index is -0.890. The van der Waals surface area contributed by atoms with E-state index in [1.54, 1.807) is 13.8 Å². The predicted octanol–water partition coefficient (Wildman–Crippen LogP) is 4.14. The van der Waals surface area contributed by atoms with Crippen LogP contribution in [0.25, 0.3) is 10.8 Å². The average Bonchev–Trinajstić information content (AvgIpc) is 2.60. The minimum Gasteiger partial charge on any atom is -0.511 e. The van der Waals surface area contributed by atoms with Crippen LogP contribution >= 0.6 is 0 Å². The van der Waals surface area contributed by atoms with Crippen molar-refractivity contribution >= 4 is 34.4 Å². The van der Waals surface area contributed by atoms with Crippen molar-refractivity contribution in [2.75, 3.05) is 7.11 Å². The summed E-state index contributed by atoms with van der Waals surface area (Å²) in [5.41, 5.74) is 0.0358. The standard InChI is InChI=1S/C21H21NO4/c1-21(2)11-17(23)15(19(24)18(21)20(25)26-3)12-22-16-10-6-8-13-7-4-5-9-14(13)16/h4-10,12,18,24H,11H2,1-3H3/t18-/m0/s1. The molecule has 0 saturated heterocycles. The van der Waals surface area contributed by atoms with Gasteiger partial charge < -0.3 is 9.84 Å². The molecule has 0 saturated carbocycles. The Morgan fingerprint density at radius 1 is 1.23 bits per heavy atom. The molecule has 1 aliphatic carbocycles. The number of methoxy groups -OCH3 is 1. The fourth-order valence-electron chi connectivity index (χ4n) is 3.42. The second kappa shape index (κ2) is 6.75. The quantitative estimate of drug-likeness (QED) is 0.666. The van der Waals surface area contributed by atoms with Crippen LogP contribution in [0, 0.1) is 11.3 Å². The second-order valence-electron chi connectivity index (χ2n) is 7.10. The van der Waals surface area contributed by atoms with Gasteiger partial charge in [-0.2, -0.15) is 0 Å². The topological polar surface area (TPSA) is 76.0 Å². The number of fused-ring (bicyclic) bond motifs is 1. The van der Waals surface area contributed by atoms with E-state index in [0.29, 0.717) is 5.69 Å². The lowest BCUT2D eigenvalue weighted by molar-refractivity contribution is -0.150. The van der Waals surface area contributed by atoms with Gasteiger partial charge in [0.25, 0.3) is 0 Å². The van der Waals surface area contributed by atoms with E-state index in [-0.39, 0.29) is 23.5 Å². The lowest BCUT2D eigenvalue weighted by Gasteiger charge is -2.35. The van der Waals surface area contributed by atoms with Gasteiger partial charge in [-0.25, -0.2) is 0 Å². The highest BCUT2D eigenvalue weighted by Gasteiger charge is 2.46. The first kappa shape index (κ1) is 17.9. The molecular formula is C21H21NO4. The molecule has 0 heterocycles. The van der Waals surface area contributed by atoms with Crippen molar-refractivity contribution in [3.05, 3.63) is 53.8 Å². The molecule has 0 aromatic heterocycles. The van der Waals surface area contributed by atoms with Gasteiger partial charge in [0.15, 0.2) is 5.78 Å². The number of benzene rings is 2. The molecule has 0 spiro atoms. The van der Waals surface area contributed by atoms with Crippen LogP contribution in [-0.2, 0) is 14.3 Å². The number of aliphatic imine (C=N–C) groups is 1. The van der Waals surface area contributed by atoms with Crippen molar-refractivity contribution in [1.82, 2.24) is 0 Å². The van der Waals surface area contributed by atoms with Crippen LogP contribution in [0.1, 0.15) is 20.3 Å². The molecule has 1 N–H and O–H groups in total. The van der Waals surface area contributed by atoms with E-state index in [1.165, 1.54) is 13.3 Å². The summed E-state index contributed by atoms with van der Waals surface area (Å²) in [7, 11) is 1.27. The highest BCUT2D eigenvalue weighted by Crippen LogP contribution is 2.41. The number of hydrogen-bond acceptors (Lipinski definition) is 5. The van der Waals surface area contributed by atoms with Crippen LogP contribution in [-0.4, -0.2) is 30.2 Å². The van der Waals surface area contributed by atoms with E-state index in [0.717, 1.165) is 10.8 Å². The molecule has 0 unspecified atom stereocenters. The Morgan fingerprint density at radius 3 is 2.65 bits per heavy atom. The monoisotopic (exact) mass is 351 g/mol. The number of ether oxygens (including phenoxy) is 1. The highest BCUT2D eigenvalue weighted by molar-refractivity contribution is 6.16. The summed E-state index contributed by atoms with van der Waals surface area (Å²) in [5, 5.41) is 12.6. The predicted molar refractivity (Wildman–Crippen MR) is 101 cm³/mol. The van der Waals surface area contributed by atoms with Crippen LogP contribution in [0.15, 0.2) is 58.8 Å². The van der Waals surface area contributed by atoms with Crippen LogP contribution < -0.4 is 0 Å². The number of ketones is 1. The number of hydrogen-bond donors (Lipinski definition) is 1. The third-order valence-electron chi connectivity index (χ3n) is 4.78. The van der Waals surface area contributed by atoms with Crippen molar-refractivity contribution in [3.8, 4) is 0 Å². The maximum atomic E-state index is 12.5. The van der Waals surface area contributed by atoms with Crippen LogP contribution in [0.5, 0.6) is 0 Å². The molecule has 1 atom stereocenters. The molecule has 0 amide bonds. The summed E-state index contributed by atoms with van der Waals surface area (Å²) in [6.45, 7) is 3.53. The van der Waals surface area contributed by atoms with Crippen molar-refractivity contribution in [1.29, 1.82) is 0 Å². The molecule has 2 aromatic carbocycles. The molecule has 0 aliphatic heterocycles. The van der Waals surface area contributed by atoms with Crippen LogP contribution in [0.2, 0.25) is 0 Å². The lowest BCUT2D eigenvalue weighted by atomic mass is 9.68. The number of aliphatic hydroxyl groups excluding tert-OH is 1. The van der Waals surface area contributed by atoms with Gasteiger partial charge >= 0.3 is 5.97 Å². The Labute approximate surface area is 152 Å². The van der Waals surface area contributed by atoms with Crippen molar-refractivity contribution in [2.24, 2.45) is 16.3 Å². The molecule has 26 heavy (non-hydrogen) atoms. The van der Waals surface area contributed by atoms with Crippen LogP contribution in [0.3, 0.4) is 0 Å².